The van der Waals surface area contributed by atoms with E-state index in [1.165, 1.54) is 16.7 Å². The topological polar surface area (TPSA) is 42.0 Å². The van der Waals surface area contributed by atoms with E-state index in [-0.39, 0.29) is 12.1 Å². The Morgan fingerprint density at radius 3 is 2.60 bits per heavy atom. The Kier molecular flexibility index (Phi) is 5.98. The van der Waals surface area contributed by atoms with Gasteiger partial charge < -0.3 is 5.32 Å². The Labute approximate surface area is 120 Å². The number of hydrogen-bond donors (Lipinski definition) is 1. The standard InChI is InChI=1S/C13H19F3N2OS/c1-4-5-10(13(14,15)16)18-12(19)9-7-20-11(17-9)6-8(2)3/h7-8,10H,4-6H2,1-3H3,(H,18,19)/t10-/m0/s1. The Morgan fingerprint density at radius 2 is 2.10 bits per heavy atom. The van der Waals surface area contributed by atoms with Gasteiger partial charge in [-0.3, -0.25) is 4.79 Å². The molecule has 0 aliphatic heterocycles. The number of rotatable bonds is 6. The minimum atomic E-state index is -4.43. The molecule has 0 fully saturated rings. The van der Waals surface area contributed by atoms with E-state index in [1.54, 1.807) is 6.92 Å². The number of halogens is 3. The number of nitrogens with zero attached hydrogens (tertiary/aromatic N) is 1. The molecule has 0 spiro atoms. The first-order chi connectivity index (χ1) is 9.24. The zero-order valence-electron chi connectivity index (χ0n) is 11.8. The maximum absolute atomic E-state index is 12.7. The zero-order chi connectivity index (χ0) is 15.3. The zero-order valence-corrected chi connectivity index (χ0v) is 12.6. The molecule has 0 aromatic carbocycles. The van der Waals surface area contributed by atoms with Crippen LogP contribution in [-0.2, 0) is 6.42 Å². The summed E-state index contributed by atoms with van der Waals surface area (Å²) >= 11 is 1.30. The molecule has 1 rings (SSSR count). The summed E-state index contributed by atoms with van der Waals surface area (Å²) in [5.74, 6) is -0.368. The summed E-state index contributed by atoms with van der Waals surface area (Å²) in [4.78, 5) is 15.9. The first-order valence-electron chi connectivity index (χ1n) is 6.56. The number of alkyl halides is 3. The fraction of sp³-hybridized carbons (Fsp3) is 0.692. The first-order valence-corrected chi connectivity index (χ1v) is 7.44. The maximum atomic E-state index is 12.7. The SMILES string of the molecule is CCC[C@H](NC(=O)c1csc(CC(C)C)n1)C(F)(F)F. The van der Waals surface area contributed by atoms with Crippen molar-refractivity contribution in [1.29, 1.82) is 0 Å². The average Bonchev–Trinajstić information content (AvgIpc) is 2.74. The van der Waals surface area contributed by atoms with Crippen molar-refractivity contribution in [3.05, 3.63) is 16.1 Å². The molecule has 114 valence electrons. The molecule has 0 saturated heterocycles. The molecular formula is C13H19F3N2OS. The van der Waals surface area contributed by atoms with Crippen LogP contribution < -0.4 is 5.32 Å². The predicted octanol–water partition coefficient (Wildman–Crippen LogP) is 3.80. The number of aromatic nitrogens is 1. The Bertz CT molecular complexity index is 443. The van der Waals surface area contributed by atoms with Crippen LogP contribution in [0, 0.1) is 5.92 Å². The van der Waals surface area contributed by atoms with Crippen molar-refractivity contribution >= 4 is 17.2 Å². The van der Waals surface area contributed by atoms with Crippen LogP contribution >= 0.6 is 11.3 Å². The first kappa shape index (κ1) is 16.9. The van der Waals surface area contributed by atoms with Gasteiger partial charge in [-0.15, -0.1) is 11.3 Å². The summed E-state index contributed by atoms with van der Waals surface area (Å²) in [6.45, 7) is 5.68. The van der Waals surface area contributed by atoms with Crippen LogP contribution in [0.25, 0.3) is 0 Å². The lowest BCUT2D eigenvalue weighted by atomic mass is 10.1. The highest BCUT2D eigenvalue weighted by Gasteiger charge is 2.40. The van der Waals surface area contributed by atoms with Gasteiger partial charge in [0.25, 0.3) is 5.91 Å². The Morgan fingerprint density at radius 1 is 1.45 bits per heavy atom. The van der Waals surface area contributed by atoms with Crippen LogP contribution in [0.15, 0.2) is 5.38 Å². The Hall–Kier alpha value is -1.11. The second-order valence-electron chi connectivity index (χ2n) is 5.08. The molecule has 0 saturated carbocycles. The summed E-state index contributed by atoms with van der Waals surface area (Å²) in [7, 11) is 0. The molecule has 7 heteroatoms. The van der Waals surface area contributed by atoms with Gasteiger partial charge in [0, 0.05) is 11.8 Å². The fourth-order valence-electron chi connectivity index (χ4n) is 1.70. The van der Waals surface area contributed by atoms with Crippen LogP contribution in [-0.4, -0.2) is 23.1 Å². The predicted molar refractivity (Wildman–Crippen MR) is 72.9 cm³/mol. The summed E-state index contributed by atoms with van der Waals surface area (Å²) in [6.07, 6.45) is -3.49. The van der Waals surface area contributed by atoms with Gasteiger partial charge in [-0.05, 0) is 12.3 Å². The van der Waals surface area contributed by atoms with E-state index in [0.29, 0.717) is 12.3 Å². The van der Waals surface area contributed by atoms with Gasteiger partial charge >= 0.3 is 6.18 Å². The maximum Gasteiger partial charge on any atom is 0.408 e. The molecule has 1 aromatic heterocycles. The third-order valence-electron chi connectivity index (χ3n) is 2.65. The molecule has 1 aromatic rings. The van der Waals surface area contributed by atoms with E-state index < -0.39 is 18.1 Å². The van der Waals surface area contributed by atoms with Crippen LogP contribution in [0.5, 0.6) is 0 Å². The second-order valence-corrected chi connectivity index (χ2v) is 6.02. The van der Waals surface area contributed by atoms with Crippen molar-refractivity contribution in [3.8, 4) is 0 Å². The molecule has 0 radical (unpaired) electrons. The normalized spacial score (nSPS) is 13.6. The lowest BCUT2D eigenvalue weighted by Gasteiger charge is -2.20. The van der Waals surface area contributed by atoms with Crippen molar-refractivity contribution in [2.75, 3.05) is 0 Å². The molecule has 0 bridgehead atoms. The summed E-state index contributed by atoms with van der Waals surface area (Å²) in [5.41, 5.74) is 0.0657. The van der Waals surface area contributed by atoms with Gasteiger partial charge in [0.05, 0.1) is 5.01 Å². The molecular weight excluding hydrogens is 289 g/mol. The molecule has 0 aliphatic rings. The van der Waals surface area contributed by atoms with Gasteiger partial charge in [0.15, 0.2) is 0 Å². The monoisotopic (exact) mass is 308 g/mol. The van der Waals surface area contributed by atoms with Crippen LogP contribution in [0.1, 0.15) is 49.1 Å². The van der Waals surface area contributed by atoms with Crippen molar-refractivity contribution in [2.24, 2.45) is 5.92 Å². The van der Waals surface area contributed by atoms with E-state index in [4.69, 9.17) is 0 Å². The molecule has 3 nitrogen and oxygen atoms in total. The number of carbonyl (C=O) groups is 1. The molecule has 20 heavy (non-hydrogen) atoms. The quantitative estimate of drug-likeness (QED) is 0.868. The minimum Gasteiger partial charge on any atom is -0.339 e. The molecule has 1 heterocycles. The van der Waals surface area contributed by atoms with E-state index in [0.717, 1.165) is 11.4 Å². The second kappa shape index (κ2) is 7.06. The van der Waals surface area contributed by atoms with Crippen molar-refractivity contribution in [1.82, 2.24) is 10.3 Å². The van der Waals surface area contributed by atoms with Crippen LogP contribution in [0.4, 0.5) is 13.2 Å². The van der Waals surface area contributed by atoms with Gasteiger partial charge in [-0.25, -0.2) is 4.98 Å². The third-order valence-corrected chi connectivity index (χ3v) is 3.52. The summed E-state index contributed by atoms with van der Waals surface area (Å²) in [5, 5.41) is 4.30. The number of hydrogen-bond acceptors (Lipinski definition) is 3. The average molecular weight is 308 g/mol. The molecule has 0 aliphatic carbocycles. The van der Waals surface area contributed by atoms with Gasteiger partial charge in [0.2, 0.25) is 0 Å². The van der Waals surface area contributed by atoms with Gasteiger partial charge in [-0.1, -0.05) is 27.2 Å². The minimum absolute atomic E-state index is 0.0657. The lowest BCUT2D eigenvalue weighted by Crippen LogP contribution is -2.45. The van der Waals surface area contributed by atoms with E-state index in [9.17, 15) is 18.0 Å². The van der Waals surface area contributed by atoms with E-state index in [2.05, 4.69) is 4.98 Å². The smallest absolute Gasteiger partial charge is 0.339 e. The summed E-state index contributed by atoms with van der Waals surface area (Å²) in [6, 6.07) is -1.81. The third kappa shape index (κ3) is 5.11. The van der Waals surface area contributed by atoms with Crippen molar-refractivity contribution in [3.63, 3.8) is 0 Å². The highest BCUT2D eigenvalue weighted by atomic mass is 32.1. The lowest BCUT2D eigenvalue weighted by molar-refractivity contribution is -0.154. The van der Waals surface area contributed by atoms with Gasteiger partial charge in [-0.2, -0.15) is 13.2 Å². The number of amides is 1. The fourth-order valence-corrected chi connectivity index (χ4v) is 2.68. The van der Waals surface area contributed by atoms with Crippen molar-refractivity contribution < 1.29 is 18.0 Å². The molecule has 1 N–H and O–H groups in total. The highest BCUT2D eigenvalue weighted by Crippen LogP contribution is 2.24. The van der Waals surface area contributed by atoms with Crippen LogP contribution in [0.2, 0.25) is 0 Å². The number of nitrogens with one attached hydrogen (secondary N) is 1. The number of thiazole rings is 1. The molecule has 0 unspecified atom stereocenters. The molecule has 1 amide bonds. The molecule has 1 atom stereocenters. The van der Waals surface area contributed by atoms with Crippen molar-refractivity contribution in [2.45, 2.75) is 52.3 Å². The number of carbonyl (C=O) groups excluding carboxylic acids is 1. The Balaban J connectivity index is 2.71. The summed E-state index contributed by atoms with van der Waals surface area (Å²) < 4.78 is 38.2. The van der Waals surface area contributed by atoms with E-state index >= 15 is 0 Å². The van der Waals surface area contributed by atoms with Crippen LogP contribution in [0.3, 0.4) is 0 Å². The largest absolute Gasteiger partial charge is 0.408 e. The highest BCUT2D eigenvalue weighted by molar-refractivity contribution is 7.09. The van der Waals surface area contributed by atoms with Gasteiger partial charge in [0.1, 0.15) is 11.7 Å². The van der Waals surface area contributed by atoms with E-state index in [1.807, 2.05) is 19.2 Å².